The van der Waals surface area contributed by atoms with Gasteiger partial charge >= 0.3 is 6.18 Å². The number of aryl methyl sites for hydroxylation is 1. The van der Waals surface area contributed by atoms with Crippen molar-refractivity contribution in [3.8, 4) is 0 Å². The molecule has 6 nitrogen and oxygen atoms in total. The molecule has 1 atom stereocenters. The molecule has 0 radical (unpaired) electrons. The molecule has 0 bridgehead atoms. The number of rotatable bonds is 3. The zero-order chi connectivity index (χ0) is 21.2. The number of alkyl halides is 3. The maximum absolute atomic E-state index is 14.2. The number of nitrogens with zero attached hydrogens (tertiary/aromatic N) is 3. The predicted molar refractivity (Wildman–Crippen MR) is 102 cm³/mol. The number of hydrogen-bond acceptors (Lipinski definition) is 4. The van der Waals surface area contributed by atoms with Gasteiger partial charge in [0.15, 0.2) is 0 Å². The van der Waals surface area contributed by atoms with Gasteiger partial charge in [-0.05, 0) is 23.8 Å². The SMILES string of the molecule is Cn1cc(C(O)(c2ccc3c(cnn3S(C)(=O)=O)c2)C(F)(F)F)c2ccccc21. The van der Waals surface area contributed by atoms with Crippen LogP contribution >= 0.6 is 0 Å². The largest absolute Gasteiger partial charge is 0.425 e. The van der Waals surface area contributed by atoms with Gasteiger partial charge in [-0.2, -0.15) is 22.4 Å². The summed E-state index contributed by atoms with van der Waals surface area (Å²) in [6.45, 7) is 0. The lowest BCUT2D eigenvalue weighted by Crippen LogP contribution is -2.43. The van der Waals surface area contributed by atoms with Crippen molar-refractivity contribution in [2.45, 2.75) is 11.8 Å². The fourth-order valence-corrected chi connectivity index (χ4v) is 4.34. The van der Waals surface area contributed by atoms with Crippen LogP contribution in [0.5, 0.6) is 0 Å². The molecular formula is C19H16F3N3O3S. The Labute approximate surface area is 163 Å². The number of aliphatic hydroxyl groups is 1. The highest BCUT2D eigenvalue weighted by molar-refractivity contribution is 7.89. The fraction of sp³-hybridized carbons (Fsp3) is 0.211. The predicted octanol–water partition coefficient (Wildman–Crippen LogP) is 3.13. The van der Waals surface area contributed by atoms with Gasteiger partial charge in [0.25, 0.3) is 10.0 Å². The minimum Gasteiger partial charge on any atom is -0.372 e. The topological polar surface area (TPSA) is 77.1 Å². The number of para-hydroxylation sites is 1. The Morgan fingerprint density at radius 3 is 2.41 bits per heavy atom. The number of fused-ring (bicyclic) bond motifs is 2. The standard InChI is InChI=1S/C19H16F3N3O3S/c1-24-11-15(14-5-3-4-6-17(14)24)18(26,19(20,21)22)13-7-8-16-12(9-13)10-23-25(16)29(2,27)28/h3-11,26H,1-2H3. The average Bonchev–Trinajstić information content (AvgIpc) is 3.21. The second-order valence-corrected chi connectivity index (χ2v) is 8.72. The Morgan fingerprint density at radius 2 is 1.76 bits per heavy atom. The molecule has 0 saturated heterocycles. The van der Waals surface area contributed by atoms with Gasteiger partial charge in [0.1, 0.15) is 0 Å². The van der Waals surface area contributed by atoms with E-state index in [2.05, 4.69) is 5.10 Å². The maximum Gasteiger partial charge on any atom is 0.425 e. The van der Waals surface area contributed by atoms with Gasteiger partial charge in [0.05, 0.1) is 18.0 Å². The first kappa shape index (κ1) is 19.5. The molecule has 0 spiro atoms. The summed E-state index contributed by atoms with van der Waals surface area (Å²) >= 11 is 0. The zero-order valence-electron chi connectivity index (χ0n) is 15.3. The molecule has 29 heavy (non-hydrogen) atoms. The minimum atomic E-state index is -5.03. The summed E-state index contributed by atoms with van der Waals surface area (Å²) in [4.78, 5) is 0. The average molecular weight is 423 g/mol. The van der Waals surface area contributed by atoms with Crippen LogP contribution in [0.4, 0.5) is 13.2 Å². The highest BCUT2D eigenvalue weighted by Gasteiger charge is 2.57. The van der Waals surface area contributed by atoms with E-state index in [1.807, 2.05) is 0 Å². The van der Waals surface area contributed by atoms with Crippen molar-refractivity contribution >= 4 is 31.8 Å². The lowest BCUT2D eigenvalue weighted by atomic mass is 9.85. The Bertz CT molecular complexity index is 1360. The Hall–Kier alpha value is -2.85. The van der Waals surface area contributed by atoms with Crippen molar-refractivity contribution < 1.29 is 26.7 Å². The molecule has 0 aliphatic rings. The molecule has 0 aliphatic carbocycles. The number of benzene rings is 2. The van der Waals surface area contributed by atoms with Crippen LogP contribution in [0.2, 0.25) is 0 Å². The van der Waals surface area contributed by atoms with E-state index in [0.717, 1.165) is 28.7 Å². The van der Waals surface area contributed by atoms with E-state index in [9.17, 15) is 26.7 Å². The third kappa shape index (κ3) is 2.82. The lowest BCUT2D eigenvalue weighted by Gasteiger charge is -2.31. The molecule has 1 N–H and O–H groups in total. The first-order chi connectivity index (χ1) is 13.4. The van der Waals surface area contributed by atoms with Crippen LogP contribution in [0.3, 0.4) is 0 Å². The highest BCUT2D eigenvalue weighted by Crippen LogP contribution is 2.47. The van der Waals surface area contributed by atoms with E-state index >= 15 is 0 Å². The van der Waals surface area contributed by atoms with Crippen LogP contribution in [0.25, 0.3) is 21.8 Å². The van der Waals surface area contributed by atoms with Gasteiger partial charge < -0.3 is 9.67 Å². The quantitative estimate of drug-likeness (QED) is 0.549. The van der Waals surface area contributed by atoms with Crippen LogP contribution in [0, 0.1) is 0 Å². The van der Waals surface area contributed by atoms with Crippen LogP contribution < -0.4 is 0 Å². The summed E-state index contributed by atoms with van der Waals surface area (Å²) in [6.07, 6.45) is -1.69. The van der Waals surface area contributed by atoms with Crippen LogP contribution in [-0.2, 0) is 22.7 Å². The molecule has 0 amide bonds. The van der Waals surface area contributed by atoms with Crippen molar-refractivity contribution in [3.63, 3.8) is 0 Å². The number of hydrogen-bond donors (Lipinski definition) is 1. The Balaban J connectivity index is 2.01. The Morgan fingerprint density at radius 1 is 1.07 bits per heavy atom. The van der Waals surface area contributed by atoms with E-state index in [1.54, 1.807) is 25.2 Å². The van der Waals surface area contributed by atoms with Crippen LogP contribution in [0.1, 0.15) is 11.1 Å². The van der Waals surface area contributed by atoms with Crippen molar-refractivity contribution in [3.05, 3.63) is 66.0 Å². The van der Waals surface area contributed by atoms with E-state index in [4.69, 9.17) is 0 Å². The molecule has 0 fully saturated rings. The second-order valence-electron chi connectivity index (χ2n) is 6.90. The summed E-state index contributed by atoms with van der Waals surface area (Å²) in [5, 5.41) is 15.2. The first-order valence-electron chi connectivity index (χ1n) is 8.47. The van der Waals surface area contributed by atoms with Crippen molar-refractivity contribution in [2.75, 3.05) is 6.26 Å². The van der Waals surface area contributed by atoms with E-state index in [0.29, 0.717) is 5.52 Å². The summed E-state index contributed by atoms with van der Waals surface area (Å²) in [6, 6.07) is 9.86. The molecule has 2 aromatic heterocycles. The van der Waals surface area contributed by atoms with E-state index < -0.39 is 27.4 Å². The first-order valence-corrected chi connectivity index (χ1v) is 10.3. The van der Waals surface area contributed by atoms with E-state index in [-0.39, 0.29) is 21.9 Å². The monoisotopic (exact) mass is 423 g/mol. The molecular weight excluding hydrogens is 407 g/mol. The highest BCUT2D eigenvalue weighted by atomic mass is 32.2. The molecule has 152 valence electrons. The second kappa shape index (κ2) is 6.07. The van der Waals surface area contributed by atoms with Gasteiger partial charge in [-0.1, -0.05) is 24.3 Å². The summed E-state index contributed by atoms with van der Waals surface area (Å²) < 4.78 is 68.5. The van der Waals surface area contributed by atoms with Gasteiger partial charge in [-0.25, -0.2) is 8.42 Å². The number of aromatic nitrogens is 3. The molecule has 4 aromatic rings. The third-order valence-electron chi connectivity index (χ3n) is 4.96. The minimum absolute atomic E-state index is 0.124. The zero-order valence-corrected chi connectivity index (χ0v) is 16.2. The fourth-order valence-electron chi connectivity index (χ4n) is 3.60. The molecule has 10 heteroatoms. The van der Waals surface area contributed by atoms with Crippen molar-refractivity contribution in [1.29, 1.82) is 0 Å². The molecule has 2 heterocycles. The molecule has 4 rings (SSSR count). The van der Waals surface area contributed by atoms with Crippen LogP contribution in [-0.4, -0.2) is 39.7 Å². The van der Waals surface area contributed by atoms with Gasteiger partial charge in [0.2, 0.25) is 5.60 Å². The molecule has 1 unspecified atom stereocenters. The van der Waals surface area contributed by atoms with Crippen LogP contribution in [0.15, 0.2) is 54.9 Å². The summed E-state index contributed by atoms with van der Waals surface area (Å²) in [7, 11) is -2.12. The molecule has 2 aromatic carbocycles. The maximum atomic E-state index is 14.2. The molecule has 0 saturated carbocycles. The van der Waals surface area contributed by atoms with Crippen molar-refractivity contribution in [1.82, 2.24) is 13.8 Å². The summed E-state index contributed by atoms with van der Waals surface area (Å²) in [5.74, 6) is 0. The van der Waals surface area contributed by atoms with E-state index in [1.165, 1.54) is 22.9 Å². The van der Waals surface area contributed by atoms with Gasteiger partial charge in [-0.3, -0.25) is 0 Å². The normalized spacial score (nSPS) is 15.1. The summed E-state index contributed by atoms with van der Waals surface area (Å²) in [5.41, 5.74) is -3.37. The smallest absolute Gasteiger partial charge is 0.372 e. The molecule has 0 aliphatic heterocycles. The van der Waals surface area contributed by atoms with Crippen molar-refractivity contribution in [2.24, 2.45) is 7.05 Å². The number of halogens is 3. The lowest BCUT2D eigenvalue weighted by molar-refractivity contribution is -0.247. The van der Waals surface area contributed by atoms with Gasteiger partial charge in [0, 0.05) is 35.1 Å². The van der Waals surface area contributed by atoms with Gasteiger partial charge in [-0.15, -0.1) is 0 Å². The Kier molecular flexibility index (Phi) is 4.08. The third-order valence-corrected chi connectivity index (χ3v) is 5.88.